The first-order chi connectivity index (χ1) is 8.72. The van der Waals surface area contributed by atoms with Crippen molar-refractivity contribution in [2.75, 3.05) is 5.43 Å². The Kier molecular flexibility index (Phi) is 4.11. The first kappa shape index (κ1) is 12.8. The zero-order chi connectivity index (χ0) is 13.0. The second-order valence-corrected chi connectivity index (χ2v) is 5.02. The van der Waals surface area contributed by atoms with Crippen LogP contribution < -0.4 is 11.3 Å². The number of rotatable bonds is 4. The molecule has 0 aliphatic rings. The molecular weight excluding hydrogens is 246 g/mol. The molecule has 3 N–H and O–H groups in total. The van der Waals surface area contributed by atoms with E-state index in [-0.39, 0.29) is 5.92 Å². The average Bonchev–Trinajstić information content (AvgIpc) is 2.39. The van der Waals surface area contributed by atoms with E-state index in [1.165, 1.54) is 18.1 Å². The number of nitrogens with two attached hydrogens (primary N) is 1. The molecular formula is C12H15N5S. The lowest BCUT2D eigenvalue weighted by atomic mass is 10.1. The van der Waals surface area contributed by atoms with Crippen molar-refractivity contribution in [3.05, 3.63) is 36.3 Å². The Bertz CT molecular complexity index is 515. The van der Waals surface area contributed by atoms with Crippen LogP contribution in [-0.4, -0.2) is 15.0 Å². The molecule has 2 aromatic heterocycles. The highest BCUT2D eigenvalue weighted by Gasteiger charge is 2.15. The molecule has 6 heteroatoms. The van der Waals surface area contributed by atoms with E-state index in [1.807, 2.05) is 18.2 Å². The molecule has 0 aliphatic carbocycles. The van der Waals surface area contributed by atoms with E-state index >= 15 is 0 Å². The Morgan fingerprint density at radius 2 is 2.06 bits per heavy atom. The van der Waals surface area contributed by atoms with Gasteiger partial charge in [-0.1, -0.05) is 19.9 Å². The second kappa shape index (κ2) is 5.79. The van der Waals surface area contributed by atoms with Crippen LogP contribution in [0, 0.1) is 0 Å². The number of hydrogen-bond acceptors (Lipinski definition) is 6. The number of aromatic nitrogens is 3. The third-order valence-electron chi connectivity index (χ3n) is 2.40. The molecule has 0 amide bonds. The fourth-order valence-electron chi connectivity index (χ4n) is 1.60. The summed E-state index contributed by atoms with van der Waals surface area (Å²) in [5.74, 6) is 6.43. The van der Waals surface area contributed by atoms with Gasteiger partial charge >= 0.3 is 0 Å². The van der Waals surface area contributed by atoms with Gasteiger partial charge in [0.15, 0.2) is 0 Å². The summed E-state index contributed by atoms with van der Waals surface area (Å²) in [7, 11) is 0. The molecule has 2 aromatic rings. The van der Waals surface area contributed by atoms with Crippen LogP contribution in [0.25, 0.3) is 0 Å². The van der Waals surface area contributed by atoms with Crippen molar-refractivity contribution in [3.63, 3.8) is 0 Å². The van der Waals surface area contributed by atoms with Gasteiger partial charge < -0.3 is 5.43 Å². The third-order valence-corrected chi connectivity index (χ3v) is 3.37. The molecule has 0 unspecified atom stereocenters. The minimum absolute atomic E-state index is 0.281. The van der Waals surface area contributed by atoms with Crippen LogP contribution in [0.3, 0.4) is 0 Å². The molecule has 0 bridgehead atoms. The third kappa shape index (κ3) is 2.77. The lowest BCUT2D eigenvalue weighted by molar-refractivity contribution is 0.803. The lowest BCUT2D eigenvalue weighted by Gasteiger charge is -2.14. The summed E-state index contributed by atoms with van der Waals surface area (Å²) >= 11 is 1.51. The summed E-state index contributed by atoms with van der Waals surface area (Å²) in [4.78, 5) is 12.7. The molecule has 5 nitrogen and oxygen atoms in total. The summed E-state index contributed by atoms with van der Waals surface area (Å²) in [6.07, 6.45) is 3.27. The standard InChI is InChI=1S/C12H15N5S/c1-8(2)10-11(17-13)15-7-16-12(10)18-9-5-3-4-6-14-9/h3-8H,13H2,1-2H3,(H,15,16,17). The number of nitrogens with one attached hydrogen (secondary N) is 1. The van der Waals surface area contributed by atoms with E-state index in [1.54, 1.807) is 6.20 Å². The molecule has 94 valence electrons. The monoisotopic (exact) mass is 261 g/mol. The van der Waals surface area contributed by atoms with Gasteiger partial charge in [0.25, 0.3) is 0 Å². The van der Waals surface area contributed by atoms with Gasteiger partial charge in [-0.25, -0.2) is 20.8 Å². The van der Waals surface area contributed by atoms with Crippen LogP contribution in [0.5, 0.6) is 0 Å². The van der Waals surface area contributed by atoms with E-state index in [0.717, 1.165) is 15.6 Å². The fourth-order valence-corrected chi connectivity index (χ4v) is 2.60. The van der Waals surface area contributed by atoms with Crippen LogP contribution in [0.15, 0.2) is 40.8 Å². The Morgan fingerprint density at radius 1 is 1.22 bits per heavy atom. The molecule has 18 heavy (non-hydrogen) atoms. The molecule has 0 atom stereocenters. The maximum Gasteiger partial charge on any atom is 0.147 e. The summed E-state index contributed by atoms with van der Waals surface area (Å²) in [5, 5.41) is 1.78. The van der Waals surface area contributed by atoms with Crippen LogP contribution >= 0.6 is 11.8 Å². The molecule has 0 saturated heterocycles. The van der Waals surface area contributed by atoms with Crippen LogP contribution in [0.1, 0.15) is 25.3 Å². The predicted molar refractivity (Wildman–Crippen MR) is 72.3 cm³/mol. The Hall–Kier alpha value is -1.66. The minimum atomic E-state index is 0.281. The van der Waals surface area contributed by atoms with Gasteiger partial charge in [0, 0.05) is 11.8 Å². The normalized spacial score (nSPS) is 10.7. The predicted octanol–water partition coefficient (Wildman–Crippen LogP) is 2.43. The second-order valence-electron chi connectivity index (χ2n) is 4.01. The van der Waals surface area contributed by atoms with Crippen LogP contribution in [0.4, 0.5) is 5.82 Å². The Balaban J connectivity index is 2.38. The smallest absolute Gasteiger partial charge is 0.147 e. The summed E-state index contributed by atoms with van der Waals surface area (Å²) in [6.45, 7) is 4.17. The first-order valence-corrected chi connectivity index (χ1v) is 6.44. The maximum absolute atomic E-state index is 5.49. The average molecular weight is 261 g/mol. The zero-order valence-electron chi connectivity index (χ0n) is 10.3. The largest absolute Gasteiger partial charge is 0.308 e. The van der Waals surface area contributed by atoms with E-state index in [4.69, 9.17) is 5.84 Å². The molecule has 0 fully saturated rings. The Labute approximate surface area is 110 Å². The van der Waals surface area contributed by atoms with E-state index < -0.39 is 0 Å². The van der Waals surface area contributed by atoms with Crippen molar-refractivity contribution in [2.24, 2.45) is 5.84 Å². The number of nitrogen functional groups attached to an aromatic ring is 1. The molecule has 0 aliphatic heterocycles. The Morgan fingerprint density at radius 3 is 2.67 bits per heavy atom. The SMILES string of the molecule is CC(C)c1c(NN)ncnc1Sc1ccccn1. The van der Waals surface area contributed by atoms with Crippen molar-refractivity contribution in [2.45, 2.75) is 29.8 Å². The van der Waals surface area contributed by atoms with E-state index in [0.29, 0.717) is 5.82 Å². The minimum Gasteiger partial charge on any atom is -0.308 e. The van der Waals surface area contributed by atoms with Crippen molar-refractivity contribution < 1.29 is 0 Å². The van der Waals surface area contributed by atoms with Gasteiger partial charge in [0.2, 0.25) is 0 Å². The van der Waals surface area contributed by atoms with Gasteiger partial charge in [-0.2, -0.15) is 0 Å². The lowest BCUT2D eigenvalue weighted by Crippen LogP contribution is -2.13. The molecule has 2 rings (SSSR count). The van der Waals surface area contributed by atoms with E-state index in [9.17, 15) is 0 Å². The molecule has 0 aromatic carbocycles. The van der Waals surface area contributed by atoms with Crippen LogP contribution in [-0.2, 0) is 0 Å². The number of hydrogen-bond donors (Lipinski definition) is 2. The van der Waals surface area contributed by atoms with Gasteiger partial charge in [-0.05, 0) is 29.8 Å². The van der Waals surface area contributed by atoms with Crippen molar-refractivity contribution in [3.8, 4) is 0 Å². The topological polar surface area (TPSA) is 76.7 Å². The highest BCUT2D eigenvalue weighted by atomic mass is 32.2. The summed E-state index contributed by atoms with van der Waals surface area (Å²) in [6, 6.07) is 5.79. The highest BCUT2D eigenvalue weighted by Crippen LogP contribution is 2.33. The highest BCUT2D eigenvalue weighted by molar-refractivity contribution is 7.99. The molecule has 0 radical (unpaired) electrons. The maximum atomic E-state index is 5.49. The number of anilines is 1. The van der Waals surface area contributed by atoms with Crippen molar-refractivity contribution >= 4 is 17.6 Å². The van der Waals surface area contributed by atoms with Crippen molar-refractivity contribution in [1.82, 2.24) is 15.0 Å². The number of pyridine rings is 1. The van der Waals surface area contributed by atoms with Crippen molar-refractivity contribution in [1.29, 1.82) is 0 Å². The fraction of sp³-hybridized carbons (Fsp3) is 0.250. The molecule has 0 spiro atoms. The van der Waals surface area contributed by atoms with Gasteiger partial charge in [0.1, 0.15) is 22.2 Å². The summed E-state index contributed by atoms with van der Waals surface area (Å²) < 4.78 is 0. The number of hydrazine groups is 1. The molecule has 0 saturated carbocycles. The van der Waals surface area contributed by atoms with Gasteiger partial charge in [-0.15, -0.1) is 0 Å². The number of nitrogens with zero attached hydrogens (tertiary/aromatic N) is 3. The van der Waals surface area contributed by atoms with Gasteiger partial charge in [-0.3, -0.25) is 0 Å². The molecule has 2 heterocycles. The van der Waals surface area contributed by atoms with Crippen LogP contribution in [0.2, 0.25) is 0 Å². The zero-order valence-corrected chi connectivity index (χ0v) is 11.1. The van der Waals surface area contributed by atoms with E-state index in [2.05, 4.69) is 34.2 Å². The quantitative estimate of drug-likeness (QED) is 0.500. The first-order valence-electron chi connectivity index (χ1n) is 5.62. The van der Waals surface area contributed by atoms with Gasteiger partial charge in [0.05, 0.1) is 0 Å². The summed E-state index contributed by atoms with van der Waals surface area (Å²) in [5.41, 5.74) is 3.63.